The molecule has 1 atom stereocenters. The van der Waals surface area contributed by atoms with Gasteiger partial charge >= 0.3 is 5.97 Å². The van der Waals surface area contributed by atoms with E-state index in [0.717, 1.165) is 6.42 Å². The van der Waals surface area contributed by atoms with E-state index in [1.54, 1.807) is 24.3 Å². The van der Waals surface area contributed by atoms with Gasteiger partial charge < -0.3 is 14.8 Å². The highest BCUT2D eigenvalue weighted by Gasteiger charge is 2.18. The van der Waals surface area contributed by atoms with Crippen molar-refractivity contribution in [1.29, 1.82) is 0 Å². The normalized spacial score (nSPS) is 11.5. The summed E-state index contributed by atoms with van der Waals surface area (Å²) in [6.07, 6.45) is 0.911. The van der Waals surface area contributed by atoms with Gasteiger partial charge in [0, 0.05) is 5.69 Å². The topological polar surface area (TPSA) is 64.6 Å². The van der Waals surface area contributed by atoms with E-state index in [2.05, 4.69) is 17.0 Å². The molecule has 1 amide bonds. The Balaban J connectivity index is 2.00. The van der Waals surface area contributed by atoms with E-state index in [-0.39, 0.29) is 5.91 Å². The van der Waals surface area contributed by atoms with E-state index in [1.807, 2.05) is 31.2 Å². The van der Waals surface area contributed by atoms with Gasteiger partial charge in [0.2, 0.25) is 0 Å². The number of aryl methyl sites for hydroxylation is 1. The van der Waals surface area contributed by atoms with Crippen LogP contribution in [0.2, 0.25) is 0 Å². The molecule has 0 heterocycles. The molecule has 0 bridgehead atoms. The average molecular weight is 341 g/mol. The van der Waals surface area contributed by atoms with Crippen molar-refractivity contribution in [2.45, 2.75) is 32.8 Å². The molecule has 0 fully saturated rings. The molecule has 2 aromatic carbocycles. The van der Waals surface area contributed by atoms with E-state index in [4.69, 9.17) is 4.74 Å². The van der Waals surface area contributed by atoms with Crippen LogP contribution in [0.15, 0.2) is 48.5 Å². The summed E-state index contributed by atoms with van der Waals surface area (Å²) in [7, 11) is 1.33. The number of esters is 1. The highest BCUT2D eigenvalue weighted by Crippen LogP contribution is 2.17. The number of carbonyl (C=O) groups excluding carboxylic acids is 2. The molecular weight excluding hydrogens is 318 g/mol. The van der Waals surface area contributed by atoms with Crippen molar-refractivity contribution >= 4 is 17.6 Å². The predicted molar refractivity (Wildman–Crippen MR) is 96.9 cm³/mol. The maximum Gasteiger partial charge on any atom is 0.337 e. The second-order valence-corrected chi connectivity index (χ2v) is 5.57. The highest BCUT2D eigenvalue weighted by molar-refractivity contribution is 5.95. The Bertz CT molecular complexity index is 707. The Labute approximate surface area is 148 Å². The van der Waals surface area contributed by atoms with Crippen molar-refractivity contribution in [3.8, 4) is 5.75 Å². The van der Waals surface area contributed by atoms with Crippen LogP contribution >= 0.6 is 0 Å². The van der Waals surface area contributed by atoms with Crippen LogP contribution in [0.5, 0.6) is 5.75 Å². The summed E-state index contributed by atoms with van der Waals surface area (Å²) in [6, 6.07) is 14.3. The van der Waals surface area contributed by atoms with Gasteiger partial charge in [0.25, 0.3) is 5.91 Å². The molecule has 2 aromatic rings. The lowest BCUT2D eigenvalue weighted by atomic mass is 10.1. The number of hydrogen-bond acceptors (Lipinski definition) is 4. The number of methoxy groups -OCH3 is 1. The van der Waals surface area contributed by atoms with E-state index in [9.17, 15) is 9.59 Å². The molecule has 132 valence electrons. The zero-order valence-corrected chi connectivity index (χ0v) is 14.7. The van der Waals surface area contributed by atoms with E-state index in [0.29, 0.717) is 23.4 Å². The van der Waals surface area contributed by atoms with E-state index >= 15 is 0 Å². The molecule has 5 heteroatoms. The van der Waals surface area contributed by atoms with Crippen molar-refractivity contribution < 1.29 is 19.1 Å². The lowest BCUT2D eigenvalue weighted by molar-refractivity contribution is -0.122. The lowest BCUT2D eigenvalue weighted by Crippen LogP contribution is -2.32. The van der Waals surface area contributed by atoms with Gasteiger partial charge in [-0.05, 0) is 54.8 Å². The summed E-state index contributed by atoms with van der Waals surface area (Å²) in [5.74, 6) is 0.0243. The molecule has 25 heavy (non-hydrogen) atoms. The van der Waals surface area contributed by atoms with Crippen molar-refractivity contribution in [1.82, 2.24) is 0 Å². The third-order valence-electron chi connectivity index (χ3n) is 3.85. The third-order valence-corrected chi connectivity index (χ3v) is 3.85. The SMILES string of the molecule is CCc1ccc(O[C@@H](CC)C(=O)Nc2ccc(C(=O)OC)cc2)cc1. The maximum atomic E-state index is 12.4. The minimum absolute atomic E-state index is 0.229. The zero-order valence-electron chi connectivity index (χ0n) is 14.7. The van der Waals surface area contributed by atoms with Crippen LogP contribution in [0, 0.1) is 0 Å². The Kier molecular flexibility index (Phi) is 6.57. The molecule has 0 spiro atoms. The van der Waals surface area contributed by atoms with Crippen LogP contribution in [0.3, 0.4) is 0 Å². The largest absolute Gasteiger partial charge is 0.481 e. The Morgan fingerprint density at radius 3 is 2.16 bits per heavy atom. The van der Waals surface area contributed by atoms with Crippen molar-refractivity contribution in [3.63, 3.8) is 0 Å². The summed E-state index contributed by atoms with van der Waals surface area (Å²) in [5, 5.41) is 2.80. The van der Waals surface area contributed by atoms with Crippen LogP contribution in [0.25, 0.3) is 0 Å². The van der Waals surface area contributed by atoms with Gasteiger partial charge in [-0.2, -0.15) is 0 Å². The highest BCUT2D eigenvalue weighted by atomic mass is 16.5. The van der Waals surface area contributed by atoms with Gasteiger partial charge in [0.1, 0.15) is 5.75 Å². The van der Waals surface area contributed by atoms with E-state index in [1.165, 1.54) is 12.7 Å². The first-order valence-electron chi connectivity index (χ1n) is 8.32. The fourth-order valence-electron chi connectivity index (χ4n) is 2.32. The first-order chi connectivity index (χ1) is 12.1. The zero-order chi connectivity index (χ0) is 18.2. The number of hydrogen-bond donors (Lipinski definition) is 1. The van der Waals surface area contributed by atoms with Crippen LogP contribution in [0.1, 0.15) is 36.2 Å². The second kappa shape index (κ2) is 8.87. The van der Waals surface area contributed by atoms with Crippen molar-refractivity contribution in [2.24, 2.45) is 0 Å². The van der Waals surface area contributed by atoms with Gasteiger partial charge in [-0.15, -0.1) is 0 Å². The molecule has 2 rings (SSSR count). The molecular formula is C20H23NO4. The van der Waals surface area contributed by atoms with Crippen LogP contribution in [-0.4, -0.2) is 25.1 Å². The molecule has 0 aliphatic rings. The first kappa shape index (κ1) is 18.5. The molecule has 0 saturated carbocycles. The summed E-state index contributed by atoms with van der Waals surface area (Å²) < 4.78 is 10.4. The molecule has 0 unspecified atom stereocenters. The van der Waals surface area contributed by atoms with Crippen LogP contribution in [-0.2, 0) is 16.0 Å². The second-order valence-electron chi connectivity index (χ2n) is 5.57. The Morgan fingerprint density at radius 1 is 1.00 bits per heavy atom. The number of amides is 1. The molecule has 0 aliphatic heterocycles. The monoisotopic (exact) mass is 341 g/mol. The van der Waals surface area contributed by atoms with Gasteiger partial charge in [-0.1, -0.05) is 26.0 Å². The molecule has 0 aromatic heterocycles. The lowest BCUT2D eigenvalue weighted by Gasteiger charge is -2.17. The average Bonchev–Trinajstić information content (AvgIpc) is 2.66. The van der Waals surface area contributed by atoms with E-state index < -0.39 is 12.1 Å². The van der Waals surface area contributed by atoms with Crippen LogP contribution in [0.4, 0.5) is 5.69 Å². The van der Waals surface area contributed by atoms with Crippen LogP contribution < -0.4 is 10.1 Å². The number of benzene rings is 2. The number of rotatable bonds is 7. The van der Waals surface area contributed by atoms with Gasteiger partial charge in [-0.25, -0.2) is 4.79 Å². The molecule has 0 saturated heterocycles. The number of ether oxygens (including phenoxy) is 2. The minimum atomic E-state index is -0.590. The number of anilines is 1. The summed E-state index contributed by atoms with van der Waals surface area (Å²) >= 11 is 0. The van der Waals surface area contributed by atoms with Crippen molar-refractivity contribution in [2.75, 3.05) is 12.4 Å². The summed E-state index contributed by atoms with van der Waals surface area (Å²) in [4.78, 5) is 23.8. The van der Waals surface area contributed by atoms with Crippen molar-refractivity contribution in [3.05, 3.63) is 59.7 Å². The molecule has 0 aliphatic carbocycles. The quantitative estimate of drug-likeness (QED) is 0.777. The molecule has 1 N–H and O–H groups in total. The molecule has 5 nitrogen and oxygen atoms in total. The van der Waals surface area contributed by atoms with Gasteiger partial charge in [-0.3, -0.25) is 4.79 Å². The standard InChI is InChI=1S/C20H23NO4/c1-4-14-6-12-17(13-7-14)25-18(5-2)19(22)21-16-10-8-15(9-11-16)20(23)24-3/h6-13,18H,4-5H2,1-3H3,(H,21,22)/t18-/m0/s1. The minimum Gasteiger partial charge on any atom is -0.481 e. The maximum absolute atomic E-state index is 12.4. The Hall–Kier alpha value is -2.82. The number of nitrogens with one attached hydrogen (secondary N) is 1. The fraction of sp³-hybridized carbons (Fsp3) is 0.300. The molecule has 0 radical (unpaired) electrons. The van der Waals surface area contributed by atoms with Gasteiger partial charge in [0.05, 0.1) is 12.7 Å². The summed E-state index contributed by atoms with van der Waals surface area (Å²) in [5.41, 5.74) is 2.25. The van der Waals surface area contributed by atoms with Gasteiger partial charge in [0.15, 0.2) is 6.10 Å². The number of carbonyl (C=O) groups is 2. The smallest absolute Gasteiger partial charge is 0.337 e. The Morgan fingerprint density at radius 2 is 1.64 bits per heavy atom. The first-order valence-corrected chi connectivity index (χ1v) is 8.32. The third kappa shape index (κ3) is 5.08. The predicted octanol–water partition coefficient (Wildman–Crippen LogP) is 3.83. The fourth-order valence-corrected chi connectivity index (χ4v) is 2.32. The summed E-state index contributed by atoms with van der Waals surface area (Å²) in [6.45, 7) is 3.98.